The summed E-state index contributed by atoms with van der Waals surface area (Å²) < 4.78 is 0. The van der Waals surface area contributed by atoms with Crippen LogP contribution in [0, 0.1) is 6.92 Å². The average molecular weight is 252 g/mol. The van der Waals surface area contributed by atoms with E-state index in [4.69, 9.17) is 5.73 Å². The molecule has 1 amide bonds. The fourth-order valence-corrected chi connectivity index (χ4v) is 2.51. The van der Waals surface area contributed by atoms with Crippen molar-refractivity contribution >= 4 is 11.6 Å². The number of benzene rings is 2. The van der Waals surface area contributed by atoms with Crippen molar-refractivity contribution in [2.24, 2.45) is 5.73 Å². The summed E-state index contributed by atoms with van der Waals surface area (Å²) in [5, 5.41) is 0. The second-order valence-corrected chi connectivity index (χ2v) is 4.93. The summed E-state index contributed by atoms with van der Waals surface area (Å²) in [7, 11) is 0. The normalized spacial score (nSPS) is 22.2. The first-order chi connectivity index (χ1) is 9.18. The van der Waals surface area contributed by atoms with Gasteiger partial charge in [0.1, 0.15) is 6.04 Å². The van der Waals surface area contributed by atoms with E-state index in [-0.39, 0.29) is 11.9 Å². The maximum Gasteiger partial charge on any atom is 0.247 e. The van der Waals surface area contributed by atoms with E-state index in [2.05, 4.69) is 0 Å². The van der Waals surface area contributed by atoms with Gasteiger partial charge in [0, 0.05) is 5.69 Å². The van der Waals surface area contributed by atoms with Crippen molar-refractivity contribution in [1.82, 2.24) is 0 Å². The van der Waals surface area contributed by atoms with Gasteiger partial charge in [0.15, 0.2) is 0 Å². The van der Waals surface area contributed by atoms with Crippen LogP contribution in [0.4, 0.5) is 5.69 Å². The van der Waals surface area contributed by atoms with Crippen LogP contribution in [0.1, 0.15) is 17.2 Å². The smallest absolute Gasteiger partial charge is 0.247 e. The fraction of sp³-hybridized carbons (Fsp3) is 0.188. The minimum atomic E-state index is -0.441. The number of hydrogen-bond acceptors (Lipinski definition) is 2. The van der Waals surface area contributed by atoms with Gasteiger partial charge in [-0.05, 0) is 24.6 Å². The largest absolute Gasteiger partial charge is 0.318 e. The summed E-state index contributed by atoms with van der Waals surface area (Å²) in [6, 6.07) is 17.4. The predicted octanol–water partition coefficient (Wildman–Crippen LogP) is 2.41. The van der Waals surface area contributed by atoms with E-state index in [0.29, 0.717) is 0 Å². The van der Waals surface area contributed by atoms with E-state index in [1.807, 2.05) is 61.5 Å². The van der Waals surface area contributed by atoms with Gasteiger partial charge in [-0.1, -0.05) is 48.0 Å². The van der Waals surface area contributed by atoms with Crippen LogP contribution >= 0.6 is 0 Å². The Kier molecular flexibility index (Phi) is 2.84. The summed E-state index contributed by atoms with van der Waals surface area (Å²) in [5.41, 5.74) is 9.13. The van der Waals surface area contributed by atoms with E-state index in [9.17, 15) is 4.79 Å². The van der Waals surface area contributed by atoms with E-state index in [1.165, 1.54) is 5.56 Å². The number of β-lactam (4-membered cyclic amide) rings is 1. The third-order valence-electron chi connectivity index (χ3n) is 3.59. The van der Waals surface area contributed by atoms with Crippen LogP contribution in [0.5, 0.6) is 0 Å². The van der Waals surface area contributed by atoms with Crippen LogP contribution in [0.15, 0.2) is 54.6 Å². The topological polar surface area (TPSA) is 46.3 Å². The average Bonchev–Trinajstić information content (AvgIpc) is 2.46. The summed E-state index contributed by atoms with van der Waals surface area (Å²) >= 11 is 0. The molecule has 0 spiro atoms. The van der Waals surface area contributed by atoms with Gasteiger partial charge in [0.2, 0.25) is 5.91 Å². The molecular formula is C16H16N2O. The van der Waals surface area contributed by atoms with Gasteiger partial charge in [-0.25, -0.2) is 0 Å². The summed E-state index contributed by atoms with van der Waals surface area (Å²) in [6.07, 6.45) is 0. The number of aryl methyl sites for hydroxylation is 1. The molecule has 1 aliphatic rings. The van der Waals surface area contributed by atoms with Crippen LogP contribution in [0.3, 0.4) is 0 Å². The molecule has 1 heterocycles. The second kappa shape index (κ2) is 4.52. The quantitative estimate of drug-likeness (QED) is 0.834. The van der Waals surface area contributed by atoms with Crippen LogP contribution in [-0.2, 0) is 4.79 Å². The van der Waals surface area contributed by atoms with E-state index in [0.717, 1.165) is 11.3 Å². The summed E-state index contributed by atoms with van der Waals surface area (Å²) in [5.74, 6) is -0.0160. The van der Waals surface area contributed by atoms with Gasteiger partial charge in [-0.3, -0.25) is 4.79 Å². The van der Waals surface area contributed by atoms with Crippen molar-refractivity contribution in [3.8, 4) is 0 Å². The lowest BCUT2D eigenvalue weighted by molar-refractivity contribution is -0.126. The molecule has 1 saturated heterocycles. The number of rotatable bonds is 2. The lowest BCUT2D eigenvalue weighted by atomic mass is 9.88. The maximum absolute atomic E-state index is 12.0. The monoisotopic (exact) mass is 252 g/mol. The molecule has 1 aliphatic heterocycles. The Morgan fingerprint density at radius 1 is 1.00 bits per heavy atom. The lowest BCUT2D eigenvalue weighted by Gasteiger charge is -2.45. The molecule has 0 saturated carbocycles. The van der Waals surface area contributed by atoms with E-state index in [1.54, 1.807) is 4.90 Å². The van der Waals surface area contributed by atoms with Gasteiger partial charge in [0.25, 0.3) is 0 Å². The minimum absolute atomic E-state index is 0.0160. The molecule has 0 aromatic heterocycles. The Hall–Kier alpha value is -2.13. The Morgan fingerprint density at radius 2 is 1.63 bits per heavy atom. The summed E-state index contributed by atoms with van der Waals surface area (Å²) in [6.45, 7) is 2.03. The molecule has 2 aromatic rings. The molecule has 0 aliphatic carbocycles. The van der Waals surface area contributed by atoms with Crippen LogP contribution in [-0.4, -0.2) is 11.9 Å². The van der Waals surface area contributed by atoms with E-state index >= 15 is 0 Å². The molecule has 3 nitrogen and oxygen atoms in total. The Labute approximate surface area is 112 Å². The molecule has 19 heavy (non-hydrogen) atoms. The number of hydrogen-bond donors (Lipinski definition) is 1. The van der Waals surface area contributed by atoms with Crippen LogP contribution in [0.2, 0.25) is 0 Å². The van der Waals surface area contributed by atoms with Gasteiger partial charge < -0.3 is 10.6 Å². The van der Waals surface area contributed by atoms with Gasteiger partial charge >= 0.3 is 0 Å². The predicted molar refractivity (Wildman–Crippen MR) is 75.8 cm³/mol. The van der Waals surface area contributed by atoms with Crippen molar-refractivity contribution in [2.45, 2.75) is 19.0 Å². The van der Waals surface area contributed by atoms with Crippen LogP contribution in [0.25, 0.3) is 0 Å². The number of carbonyl (C=O) groups is 1. The molecule has 2 N–H and O–H groups in total. The standard InChI is InChI=1S/C16H16N2O/c1-11-7-9-13(10-8-11)18-15(14(17)16(18)19)12-5-3-2-4-6-12/h2-10,14-15H,17H2,1H3/t14-,15+/m0/s1. The first-order valence-corrected chi connectivity index (χ1v) is 6.39. The zero-order valence-corrected chi connectivity index (χ0v) is 10.8. The molecule has 0 bridgehead atoms. The third-order valence-corrected chi connectivity index (χ3v) is 3.59. The maximum atomic E-state index is 12.0. The minimum Gasteiger partial charge on any atom is -0.318 e. The number of nitrogens with two attached hydrogens (primary N) is 1. The van der Waals surface area contributed by atoms with Gasteiger partial charge in [-0.2, -0.15) is 0 Å². The van der Waals surface area contributed by atoms with E-state index < -0.39 is 6.04 Å². The molecule has 2 aromatic carbocycles. The highest BCUT2D eigenvalue weighted by Gasteiger charge is 2.46. The molecule has 2 atom stereocenters. The van der Waals surface area contributed by atoms with Crippen molar-refractivity contribution in [3.05, 3.63) is 65.7 Å². The van der Waals surface area contributed by atoms with Crippen LogP contribution < -0.4 is 10.6 Å². The van der Waals surface area contributed by atoms with Crippen molar-refractivity contribution in [1.29, 1.82) is 0 Å². The molecular weight excluding hydrogens is 236 g/mol. The Morgan fingerprint density at radius 3 is 2.26 bits per heavy atom. The molecule has 0 radical (unpaired) electrons. The zero-order valence-electron chi connectivity index (χ0n) is 10.8. The zero-order chi connectivity index (χ0) is 13.4. The Bertz CT molecular complexity index is 592. The van der Waals surface area contributed by atoms with Crippen molar-refractivity contribution in [3.63, 3.8) is 0 Å². The molecule has 1 fully saturated rings. The van der Waals surface area contributed by atoms with Gasteiger partial charge in [0.05, 0.1) is 6.04 Å². The highest BCUT2D eigenvalue weighted by molar-refractivity contribution is 6.05. The SMILES string of the molecule is Cc1ccc(N2C(=O)[C@@H](N)[C@H]2c2ccccc2)cc1. The first-order valence-electron chi connectivity index (χ1n) is 6.39. The first kappa shape index (κ1) is 11.9. The molecule has 96 valence electrons. The van der Waals surface area contributed by atoms with Gasteiger partial charge in [-0.15, -0.1) is 0 Å². The molecule has 0 unspecified atom stereocenters. The Balaban J connectivity index is 1.96. The lowest BCUT2D eigenvalue weighted by Crippen LogP contribution is -2.63. The number of amides is 1. The van der Waals surface area contributed by atoms with Crippen molar-refractivity contribution in [2.75, 3.05) is 4.90 Å². The summed E-state index contributed by atoms with van der Waals surface area (Å²) in [4.78, 5) is 13.8. The second-order valence-electron chi connectivity index (χ2n) is 4.93. The third kappa shape index (κ3) is 1.92. The highest BCUT2D eigenvalue weighted by atomic mass is 16.2. The van der Waals surface area contributed by atoms with Crippen molar-refractivity contribution < 1.29 is 4.79 Å². The number of anilines is 1. The molecule has 3 heteroatoms. The number of nitrogens with zero attached hydrogens (tertiary/aromatic N) is 1. The number of carbonyl (C=O) groups excluding carboxylic acids is 1. The molecule has 3 rings (SSSR count). The highest BCUT2D eigenvalue weighted by Crippen LogP contribution is 2.37. The fourth-order valence-electron chi connectivity index (χ4n) is 2.51.